The van der Waals surface area contributed by atoms with E-state index in [0.717, 1.165) is 37.7 Å². The Hall–Kier alpha value is -0.350. The average molecular weight is 569 g/mol. The molecule has 130 valence electrons. The van der Waals surface area contributed by atoms with E-state index in [1.807, 2.05) is 44.2 Å². The highest BCUT2D eigenvalue weighted by Crippen LogP contribution is 2.27. The Labute approximate surface area is 172 Å². The summed E-state index contributed by atoms with van der Waals surface area (Å²) in [4.78, 5) is 0.346. The van der Waals surface area contributed by atoms with Crippen LogP contribution in [0.2, 0.25) is 0 Å². The summed E-state index contributed by atoms with van der Waals surface area (Å²) in [5.74, 6) is 0. The lowest BCUT2D eigenvalue weighted by Crippen LogP contribution is -2.32. The predicted molar refractivity (Wildman–Crippen MR) is 118 cm³/mol. The van der Waals surface area contributed by atoms with E-state index >= 15 is 0 Å². The van der Waals surface area contributed by atoms with Crippen LogP contribution in [0.3, 0.4) is 0 Å². The number of unbranched alkanes of at least 4 members (excludes halogenated alkanes) is 1. The summed E-state index contributed by atoms with van der Waals surface area (Å²) in [7, 11) is -3.55. The van der Waals surface area contributed by atoms with Crippen LogP contribution < -0.4 is 4.31 Å². The van der Waals surface area contributed by atoms with Crippen LogP contribution in [0, 0.1) is 17.4 Å². The third kappa shape index (κ3) is 4.85. The van der Waals surface area contributed by atoms with Crippen molar-refractivity contribution in [3.63, 3.8) is 0 Å². The van der Waals surface area contributed by atoms with Crippen LogP contribution >= 0.6 is 45.2 Å². The zero-order valence-corrected chi connectivity index (χ0v) is 18.9. The summed E-state index contributed by atoms with van der Waals surface area (Å²) in [6.45, 7) is 4.48. The van der Waals surface area contributed by atoms with Gasteiger partial charge >= 0.3 is 0 Å². The number of hydrogen-bond donors (Lipinski definition) is 0. The summed E-state index contributed by atoms with van der Waals surface area (Å²) >= 11 is 4.58. The molecule has 0 saturated carbocycles. The van der Waals surface area contributed by atoms with E-state index in [1.54, 1.807) is 16.4 Å². The van der Waals surface area contributed by atoms with Crippen molar-refractivity contribution in [2.45, 2.75) is 31.6 Å². The van der Waals surface area contributed by atoms with E-state index in [2.05, 4.69) is 45.2 Å². The minimum atomic E-state index is -3.55. The minimum Gasteiger partial charge on any atom is -0.266 e. The summed E-state index contributed by atoms with van der Waals surface area (Å²) in [6.07, 6.45) is 1.85. The van der Waals surface area contributed by atoms with Gasteiger partial charge in [-0.1, -0.05) is 46.4 Å². The van der Waals surface area contributed by atoms with Crippen molar-refractivity contribution in [3.05, 3.63) is 57.2 Å². The highest BCUT2D eigenvalue weighted by Gasteiger charge is 2.24. The Bertz CT molecular complexity index is 789. The molecule has 2 rings (SSSR count). The summed E-state index contributed by atoms with van der Waals surface area (Å²) in [5.41, 5.74) is 2.94. The van der Waals surface area contributed by atoms with Gasteiger partial charge in [-0.25, -0.2) is 8.42 Å². The number of sulfonamides is 1. The first-order valence-corrected chi connectivity index (χ1v) is 11.8. The lowest BCUT2D eigenvalue weighted by Gasteiger charge is -2.25. The molecule has 0 aliphatic heterocycles. The Balaban J connectivity index is 2.44. The number of hydrogen-bond acceptors (Lipinski definition) is 2. The van der Waals surface area contributed by atoms with E-state index < -0.39 is 10.0 Å². The second-order valence-corrected chi connectivity index (χ2v) is 9.82. The van der Waals surface area contributed by atoms with Crippen LogP contribution in [0.1, 0.15) is 24.0 Å². The molecule has 6 heteroatoms. The van der Waals surface area contributed by atoms with Gasteiger partial charge in [0.15, 0.2) is 0 Å². The first kappa shape index (κ1) is 20.0. The average Bonchev–Trinajstić information content (AvgIpc) is 2.55. The number of rotatable bonds is 7. The molecule has 0 amide bonds. The Morgan fingerprint density at radius 2 is 1.67 bits per heavy atom. The van der Waals surface area contributed by atoms with Gasteiger partial charge in [0, 0.05) is 10.1 Å². The first-order valence-electron chi connectivity index (χ1n) is 7.78. The molecule has 0 unspecified atom stereocenters. The van der Waals surface area contributed by atoms with Gasteiger partial charge in [-0.05, 0) is 83.5 Å². The molecule has 0 aliphatic rings. The highest BCUT2D eigenvalue weighted by molar-refractivity contribution is 14.1. The molecule has 0 spiro atoms. The fourth-order valence-corrected chi connectivity index (χ4v) is 4.85. The number of nitrogens with zero attached hydrogens (tertiary/aromatic N) is 1. The van der Waals surface area contributed by atoms with Crippen LogP contribution in [0.5, 0.6) is 0 Å². The molecule has 2 aromatic carbocycles. The maximum Gasteiger partial charge on any atom is 0.264 e. The number of halogens is 2. The van der Waals surface area contributed by atoms with Gasteiger partial charge in [-0.15, -0.1) is 0 Å². The van der Waals surface area contributed by atoms with Crippen LogP contribution in [-0.2, 0) is 10.0 Å². The lowest BCUT2D eigenvalue weighted by atomic mass is 10.2. The number of benzene rings is 2. The minimum absolute atomic E-state index is 0.346. The molecule has 0 radical (unpaired) electrons. The Morgan fingerprint density at radius 3 is 2.25 bits per heavy atom. The van der Waals surface area contributed by atoms with E-state index in [4.69, 9.17) is 0 Å². The zero-order valence-electron chi connectivity index (χ0n) is 13.8. The molecule has 0 aliphatic carbocycles. The second-order valence-electron chi connectivity index (χ2n) is 5.72. The van der Waals surface area contributed by atoms with Gasteiger partial charge in [-0.2, -0.15) is 0 Å². The third-order valence-corrected chi connectivity index (χ3v) is 7.56. The fraction of sp³-hybridized carbons (Fsp3) is 0.333. The molecular weight excluding hydrogens is 548 g/mol. The lowest BCUT2D eigenvalue weighted by molar-refractivity contribution is 0.589. The number of alkyl halides is 1. The van der Waals surface area contributed by atoms with Crippen LogP contribution in [0.4, 0.5) is 5.69 Å². The molecule has 24 heavy (non-hydrogen) atoms. The summed E-state index contributed by atoms with van der Waals surface area (Å²) in [6, 6.07) is 12.9. The van der Waals surface area contributed by atoms with Gasteiger partial charge < -0.3 is 0 Å². The molecule has 2 aromatic rings. The first-order chi connectivity index (χ1) is 11.4. The predicted octanol–water partition coefficient (Wildman–Crippen LogP) is 5.32. The van der Waals surface area contributed by atoms with Crippen molar-refractivity contribution in [2.75, 3.05) is 15.3 Å². The van der Waals surface area contributed by atoms with E-state index in [1.165, 1.54) is 0 Å². The molecule has 0 bridgehead atoms. The number of aryl methyl sites for hydroxylation is 2. The van der Waals surface area contributed by atoms with Crippen LogP contribution in [0.25, 0.3) is 0 Å². The second kappa shape index (κ2) is 8.84. The monoisotopic (exact) mass is 569 g/mol. The standard InChI is InChI=1S/C18H21I2NO2S/c1-14-5-9-17(10-6-14)24(22,23)21(12-4-3-11-19)16-8-7-15(2)18(20)13-16/h5-10,13H,3-4,11-12H2,1-2H3. The van der Waals surface area contributed by atoms with Crippen LogP contribution in [-0.4, -0.2) is 19.4 Å². The molecule has 0 fully saturated rings. The Morgan fingerprint density at radius 1 is 1.00 bits per heavy atom. The van der Waals surface area contributed by atoms with E-state index in [9.17, 15) is 8.42 Å². The van der Waals surface area contributed by atoms with Crippen LogP contribution in [0.15, 0.2) is 47.4 Å². The Kier molecular flexibility index (Phi) is 7.36. The number of anilines is 1. The quantitative estimate of drug-likeness (QED) is 0.258. The van der Waals surface area contributed by atoms with Crippen molar-refractivity contribution >= 4 is 60.9 Å². The fourth-order valence-electron chi connectivity index (χ4n) is 2.31. The normalized spacial score (nSPS) is 11.5. The van der Waals surface area contributed by atoms with E-state index in [-0.39, 0.29) is 0 Å². The van der Waals surface area contributed by atoms with Gasteiger partial charge in [0.1, 0.15) is 0 Å². The third-order valence-electron chi connectivity index (χ3n) is 3.80. The van der Waals surface area contributed by atoms with Gasteiger partial charge in [-0.3, -0.25) is 4.31 Å². The maximum absolute atomic E-state index is 13.2. The molecule has 0 atom stereocenters. The van der Waals surface area contributed by atoms with Crippen molar-refractivity contribution in [1.29, 1.82) is 0 Å². The highest BCUT2D eigenvalue weighted by atomic mass is 127. The van der Waals surface area contributed by atoms with Crippen molar-refractivity contribution in [2.24, 2.45) is 0 Å². The van der Waals surface area contributed by atoms with Crippen molar-refractivity contribution < 1.29 is 8.42 Å². The van der Waals surface area contributed by atoms with E-state index in [0.29, 0.717) is 11.4 Å². The molecule has 0 aromatic heterocycles. The summed E-state index contributed by atoms with van der Waals surface area (Å²) < 4.78 is 30.0. The topological polar surface area (TPSA) is 37.4 Å². The maximum atomic E-state index is 13.2. The van der Waals surface area contributed by atoms with Crippen molar-refractivity contribution in [1.82, 2.24) is 0 Å². The summed E-state index contributed by atoms with van der Waals surface area (Å²) in [5, 5.41) is 0. The van der Waals surface area contributed by atoms with Gasteiger partial charge in [0.2, 0.25) is 0 Å². The molecule has 0 saturated heterocycles. The SMILES string of the molecule is Cc1ccc(S(=O)(=O)N(CCCCI)c2ccc(C)c(I)c2)cc1. The molecular formula is C18H21I2NO2S. The largest absolute Gasteiger partial charge is 0.266 e. The molecule has 3 nitrogen and oxygen atoms in total. The van der Waals surface area contributed by atoms with Gasteiger partial charge in [0.25, 0.3) is 10.0 Å². The molecule has 0 heterocycles. The van der Waals surface area contributed by atoms with Crippen molar-refractivity contribution in [3.8, 4) is 0 Å². The molecule has 0 N–H and O–H groups in total. The smallest absolute Gasteiger partial charge is 0.264 e. The van der Waals surface area contributed by atoms with Gasteiger partial charge in [0.05, 0.1) is 10.6 Å². The zero-order chi connectivity index (χ0) is 17.7.